The Kier molecular flexibility index (Phi) is 5.95. The van der Waals surface area contributed by atoms with E-state index >= 15 is 0 Å². The van der Waals surface area contributed by atoms with Crippen LogP contribution in [0.2, 0.25) is 0 Å². The highest BCUT2D eigenvalue weighted by molar-refractivity contribution is 5.65. The summed E-state index contributed by atoms with van der Waals surface area (Å²) in [5, 5.41) is 8.68. The molecule has 3 heteroatoms. The smallest absolute Gasteiger partial charge is 0.125 e. The molecule has 1 aromatic rings. The van der Waals surface area contributed by atoms with Gasteiger partial charge in [-0.1, -0.05) is 0 Å². The van der Waals surface area contributed by atoms with E-state index in [2.05, 4.69) is 35.2 Å². The molecule has 0 aliphatic carbocycles. The molecule has 0 radical (unpaired) electrons. The van der Waals surface area contributed by atoms with Crippen LogP contribution >= 0.6 is 0 Å². The normalized spacial score (nSPS) is 11.5. The van der Waals surface area contributed by atoms with Crippen LogP contribution in [-0.4, -0.2) is 20.7 Å². The third-order valence-corrected chi connectivity index (χ3v) is 2.93. The predicted octanol–water partition coefficient (Wildman–Crippen LogP) is 3.82. The topological polar surface area (TPSA) is 36.3 Å². The summed E-state index contributed by atoms with van der Waals surface area (Å²) in [5.41, 5.74) is 3.36. The number of nitriles is 1. The van der Waals surface area contributed by atoms with Gasteiger partial charge >= 0.3 is 0 Å². The molecule has 0 amide bonds. The summed E-state index contributed by atoms with van der Waals surface area (Å²) in [6.07, 6.45) is 1.28. The Balaban J connectivity index is 3.02. The van der Waals surface area contributed by atoms with Crippen molar-refractivity contribution in [3.63, 3.8) is 0 Å². The van der Waals surface area contributed by atoms with E-state index in [-0.39, 0.29) is 0 Å². The van der Waals surface area contributed by atoms with Crippen molar-refractivity contribution in [2.75, 3.05) is 25.6 Å². The maximum atomic E-state index is 8.68. The molecule has 0 aliphatic heterocycles. The second-order valence-electron chi connectivity index (χ2n) is 4.64. The summed E-state index contributed by atoms with van der Waals surface area (Å²) >= 11 is 0. The quantitative estimate of drug-likeness (QED) is 0.728. The first kappa shape index (κ1) is 15.1. The molecule has 0 saturated heterocycles. The van der Waals surface area contributed by atoms with Crippen LogP contribution in [0.3, 0.4) is 0 Å². The van der Waals surface area contributed by atoms with Crippen LogP contribution in [0.5, 0.6) is 0 Å². The Hall–Kier alpha value is -1.95. The first-order chi connectivity index (χ1) is 9.10. The van der Waals surface area contributed by atoms with E-state index in [1.807, 2.05) is 27.9 Å². The van der Waals surface area contributed by atoms with Crippen LogP contribution in [-0.2, 0) is 4.74 Å². The van der Waals surface area contributed by atoms with Crippen LogP contribution in [0.4, 0.5) is 5.69 Å². The van der Waals surface area contributed by atoms with Crippen LogP contribution in [0.15, 0.2) is 29.8 Å². The lowest BCUT2D eigenvalue weighted by Crippen LogP contribution is -2.08. The van der Waals surface area contributed by atoms with Crippen molar-refractivity contribution < 1.29 is 4.74 Å². The van der Waals surface area contributed by atoms with Crippen molar-refractivity contribution in [2.45, 2.75) is 26.7 Å². The average molecular weight is 258 g/mol. The lowest BCUT2D eigenvalue weighted by atomic mass is 10.1. The summed E-state index contributed by atoms with van der Waals surface area (Å²) in [5.74, 6) is 0.906. The van der Waals surface area contributed by atoms with E-state index in [9.17, 15) is 0 Å². The standard InChI is InChI=1S/C16H22N2O/c1-5-19-16(13(2)7-6-12-17)14-8-10-15(11-9-14)18(3)4/h8-11H,5-7H2,1-4H3/b16-13-. The van der Waals surface area contributed by atoms with Gasteiger partial charge in [-0.25, -0.2) is 0 Å². The molecule has 0 heterocycles. The highest BCUT2D eigenvalue weighted by atomic mass is 16.5. The fraction of sp³-hybridized carbons (Fsp3) is 0.438. The third-order valence-electron chi connectivity index (χ3n) is 2.93. The fourth-order valence-corrected chi connectivity index (χ4v) is 1.87. The molecule has 0 aromatic heterocycles. The Morgan fingerprint density at radius 2 is 1.89 bits per heavy atom. The molecule has 0 aliphatic rings. The van der Waals surface area contributed by atoms with E-state index in [0.717, 1.165) is 29.0 Å². The number of hydrogen-bond acceptors (Lipinski definition) is 3. The number of allylic oxidation sites excluding steroid dienone is 1. The number of nitrogens with zero attached hydrogens (tertiary/aromatic N) is 2. The van der Waals surface area contributed by atoms with Crippen LogP contribution < -0.4 is 4.90 Å². The molecular formula is C16H22N2O. The Morgan fingerprint density at radius 3 is 2.37 bits per heavy atom. The lowest BCUT2D eigenvalue weighted by molar-refractivity contribution is 0.294. The van der Waals surface area contributed by atoms with Gasteiger partial charge < -0.3 is 9.64 Å². The molecule has 1 aromatic carbocycles. The molecule has 0 unspecified atom stereocenters. The van der Waals surface area contributed by atoms with Crippen molar-refractivity contribution in [3.05, 3.63) is 35.4 Å². The predicted molar refractivity (Wildman–Crippen MR) is 79.8 cm³/mol. The minimum Gasteiger partial charge on any atom is -0.493 e. The number of benzene rings is 1. The molecule has 0 N–H and O–H groups in total. The van der Waals surface area contributed by atoms with E-state index in [1.165, 1.54) is 0 Å². The van der Waals surface area contributed by atoms with Crippen LogP contribution in [0, 0.1) is 11.3 Å². The van der Waals surface area contributed by atoms with Crippen molar-refractivity contribution in [1.29, 1.82) is 5.26 Å². The SMILES string of the molecule is CCO/C(=C(/C)CCC#N)c1ccc(N(C)C)cc1. The first-order valence-corrected chi connectivity index (χ1v) is 6.57. The van der Waals surface area contributed by atoms with Crippen molar-refractivity contribution in [1.82, 2.24) is 0 Å². The molecule has 0 spiro atoms. The van der Waals surface area contributed by atoms with Gasteiger partial charge in [0.25, 0.3) is 0 Å². The van der Waals surface area contributed by atoms with E-state index in [4.69, 9.17) is 10.00 Å². The van der Waals surface area contributed by atoms with Gasteiger partial charge in [0.15, 0.2) is 0 Å². The zero-order valence-electron chi connectivity index (χ0n) is 12.2. The highest BCUT2D eigenvalue weighted by Crippen LogP contribution is 2.24. The molecule has 102 valence electrons. The van der Waals surface area contributed by atoms with Crippen molar-refractivity contribution in [3.8, 4) is 6.07 Å². The Labute approximate surface area is 116 Å². The van der Waals surface area contributed by atoms with E-state index < -0.39 is 0 Å². The molecule has 19 heavy (non-hydrogen) atoms. The maximum absolute atomic E-state index is 8.68. The van der Waals surface area contributed by atoms with E-state index in [1.54, 1.807) is 0 Å². The van der Waals surface area contributed by atoms with Gasteiger partial charge in [-0.15, -0.1) is 0 Å². The monoisotopic (exact) mass is 258 g/mol. The van der Waals surface area contributed by atoms with Gasteiger partial charge in [0.05, 0.1) is 12.7 Å². The van der Waals surface area contributed by atoms with Crippen LogP contribution in [0.1, 0.15) is 32.3 Å². The minimum absolute atomic E-state index is 0.526. The van der Waals surface area contributed by atoms with Gasteiger partial charge in [0, 0.05) is 31.8 Å². The molecule has 3 nitrogen and oxygen atoms in total. The van der Waals surface area contributed by atoms with Gasteiger partial charge in [-0.05, 0) is 50.1 Å². The summed E-state index contributed by atoms with van der Waals surface area (Å²) in [6, 6.07) is 10.5. The molecular weight excluding hydrogens is 236 g/mol. The molecule has 0 fully saturated rings. The summed E-state index contributed by atoms with van der Waals surface area (Å²) in [7, 11) is 4.04. The van der Waals surface area contributed by atoms with Gasteiger partial charge in [-0.2, -0.15) is 5.26 Å². The highest BCUT2D eigenvalue weighted by Gasteiger charge is 2.07. The van der Waals surface area contributed by atoms with Gasteiger partial charge in [0.2, 0.25) is 0 Å². The molecule has 0 bridgehead atoms. The summed E-state index contributed by atoms with van der Waals surface area (Å²) in [6.45, 7) is 4.64. The zero-order valence-corrected chi connectivity index (χ0v) is 12.2. The number of hydrogen-bond donors (Lipinski definition) is 0. The minimum atomic E-state index is 0.526. The zero-order chi connectivity index (χ0) is 14.3. The van der Waals surface area contributed by atoms with Crippen LogP contribution in [0.25, 0.3) is 5.76 Å². The summed E-state index contributed by atoms with van der Waals surface area (Å²) < 4.78 is 5.74. The number of rotatable bonds is 6. The number of ether oxygens (including phenoxy) is 1. The second-order valence-corrected chi connectivity index (χ2v) is 4.64. The second kappa shape index (κ2) is 7.48. The van der Waals surface area contributed by atoms with Gasteiger partial charge in [-0.3, -0.25) is 0 Å². The lowest BCUT2D eigenvalue weighted by Gasteiger charge is -2.16. The summed E-state index contributed by atoms with van der Waals surface area (Å²) in [4.78, 5) is 2.07. The largest absolute Gasteiger partial charge is 0.493 e. The maximum Gasteiger partial charge on any atom is 0.125 e. The van der Waals surface area contributed by atoms with E-state index in [0.29, 0.717) is 13.0 Å². The average Bonchev–Trinajstić information content (AvgIpc) is 2.42. The Bertz CT molecular complexity index is 467. The third kappa shape index (κ3) is 4.33. The first-order valence-electron chi connectivity index (χ1n) is 6.57. The van der Waals surface area contributed by atoms with Gasteiger partial charge in [0.1, 0.15) is 5.76 Å². The molecule has 1 rings (SSSR count). The number of anilines is 1. The fourth-order valence-electron chi connectivity index (χ4n) is 1.87. The molecule has 0 atom stereocenters. The Morgan fingerprint density at radius 1 is 1.26 bits per heavy atom. The van der Waals surface area contributed by atoms with Crippen molar-refractivity contribution >= 4 is 11.4 Å². The van der Waals surface area contributed by atoms with Crippen molar-refractivity contribution in [2.24, 2.45) is 0 Å². The molecule has 0 saturated carbocycles.